The van der Waals surface area contributed by atoms with Crippen molar-refractivity contribution in [2.45, 2.75) is 32.7 Å². The predicted octanol–water partition coefficient (Wildman–Crippen LogP) is 3.08. The number of likely N-dealkylation sites (tertiary alicyclic amines) is 1. The van der Waals surface area contributed by atoms with E-state index in [2.05, 4.69) is 5.32 Å². The van der Waals surface area contributed by atoms with Crippen molar-refractivity contribution in [1.29, 1.82) is 0 Å². The quantitative estimate of drug-likeness (QED) is 0.824. The lowest BCUT2D eigenvalue weighted by molar-refractivity contribution is -0.150. The van der Waals surface area contributed by atoms with Gasteiger partial charge in [-0.3, -0.25) is 14.5 Å². The van der Waals surface area contributed by atoms with Crippen LogP contribution in [0.1, 0.15) is 26.7 Å². The van der Waals surface area contributed by atoms with Crippen LogP contribution in [0.25, 0.3) is 0 Å². The van der Waals surface area contributed by atoms with E-state index in [1.807, 2.05) is 4.90 Å². The van der Waals surface area contributed by atoms with Gasteiger partial charge in [-0.2, -0.15) is 0 Å². The van der Waals surface area contributed by atoms with Crippen LogP contribution in [0, 0.1) is 11.7 Å². The second-order valence-electron chi connectivity index (χ2n) is 5.88. The molecule has 5 nitrogen and oxygen atoms in total. The van der Waals surface area contributed by atoms with Gasteiger partial charge in [0, 0.05) is 6.54 Å². The van der Waals surface area contributed by atoms with Gasteiger partial charge in [-0.25, -0.2) is 4.39 Å². The molecule has 1 heterocycles. The number of anilines is 1. The molecule has 2 atom stereocenters. The summed E-state index contributed by atoms with van der Waals surface area (Å²) in [4.78, 5) is 26.3. The Kier molecular flexibility index (Phi) is 6.57. The lowest BCUT2D eigenvalue weighted by atomic mass is 9.97. The van der Waals surface area contributed by atoms with Crippen LogP contribution in [0.3, 0.4) is 0 Å². The maximum absolute atomic E-state index is 13.1. The number of benzene rings is 1. The molecule has 0 radical (unpaired) electrons. The third-order valence-electron chi connectivity index (χ3n) is 4.19. The van der Waals surface area contributed by atoms with Gasteiger partial charge in [-0.1, -0.05) is 11.6 Å². The molecule has 1 aliphatic rings. The number of halogens is 2. The molecule has 1 amide bonds. The van der Waals surface area contributed by atoms with Crippen molar-refractivity contribution in [3.63, 3.8) is 0 Å². The zero-order chi connectivity index (χ0) is 17.7. The molecule has 0 bridgehead atoms. The highest BCUT2D eigenvalue weighted by molar-refractivity contribution is 6.33. The van der Waals surface area contributed by atoms with Crippen molar-refractivity contribution in [3.05, 3.63) is 29.0 Å². The Morgan fingerprint density at radius 2 is 2.25 bits per heavy atom. The van der Waals surface area contributed by atoms with Gasteiger partial charge >= 0.3 is 5.97 Å². The minimum absolute atomic E-state index is 0.151. The number of nitrogens with zero attached hydrogens (tertiary/aromatic N) is 1. The summed E-state index contributed by atoms with van der Waals surface area (Å²) < 4.78 is 18.1. The van der Waals surface area contributed by atoms with Gasteiger partial charge in [-0.05, 0) is 51.4 Å². The Bertz CT molecular complexity index is 611. The number of hydrogen-bond donors (Lipinski definition) is 1. The van der Waals surface area contributed by atoms with Crippen LogP contribution in [-0.2, 0) is 14.3 Å². The summed E-state index contributed by atoms with van der Waals surface area (Å²) in [6, 6.07) is 3.40. The summed E-state index contributed by atoms with van der Waals surface area (Å²) in [5.74, 6) is -1.12. The fourth-order valence-corrected chi connectivity index (χ4v) is 3.02. The Morgan fingerprint density at radius 1 is 1.50 bits per heavy atom. The summed E-state index contributed by atoms with van der Waals surface area (Å²) >= 11 is 5.93. The molecular formula is C17H22ClFN2O3. The number of piperidine rings is 1. The van der Waals surface area contributed by atoms with Gasteiger partial charge in [0.2, 0.25) is 5.91 Å². The molecular weight excluding hydrogens is 335 g/mol. The number of amides is 1. The van der Waals surface area contributed by atoms with E-state index >= 15 is 0 Å². The number of carbonyl (C=O) groups is 2. The van der Waals surface area contributed by atoms with E-state index in [9.17, 15) is 14.0 Å². The smallest absolute Gasteiger partial charge is 0.310 e. The SMILES string of the molecule is CCOC(=O)[C@@H]1CCCN([C@@H](C)C(=O)Nc2ccc(F)cc2Cl)C1. The van der Waals surface area contributed by atoms with Crippen molar-refractivity contribution in [3.8, 4) is 0 Å². The summed E-state index contributed by atoms with van der Waals surface area (Å²) in [6.45, 7) is 5.14. The summed E-state index contributed by atoms with van der Waals surface area (Å²) in [6.07, 6.45) is 1.60. The first-order valence-corrected chi connectivity index (χ1v) is 8.46. The molecule has 132 valence electrons. The third kappa shape index (κ3) is 4.68. The second-order valence-corrected chi connectivity index (χ2v) is 6.28. The van der Waals surface area contributed by atoms with Gasteiger partial charge in [0.15, 0.2) is 0 Å². The van der Waals surface area contributed by atoms with Crippen LogP contribution >= 0.6 is 11.6 Å². The molecule has 2 rings (SSSR count). The fraction of sp³-hybridized carbons (Fsp3) is 0.529. The van der Waals surface area contributed by atoms with Gasteiger partial charge in [0.1, 0.15) is 5.82 Å². The van der Waals surface area contributed by atoms with E-state index in [0.29, 0.717) is 18.8 Å². The lowest BCUT2D eigenvalue weighted by Crippen LogP contribution is -2.48. The molecule has 1 aromatic carbocycles. The molecule has 0 aromatic heterocycles. The largest absolute Gasteiger partial charge is 0.466 e. The number of nitrogens with one attached hydrogen (secondary N) is 1. The molecule has 1 N–H and O–H groups in total. The highest BCUT2D eigenvalue weighted by atomic mass is 35.5. The predicted molar refractivity (Wildman–Crippen MR) is 90.4 cm³/mol. The molecule has 0 saturated carbocycles. The van der Waals surface area contributed by atoms with E-state index < -0.39 is 11.9 Å². The molecule has 1 saturated heterocycles. The topological polar surface area (TPSA) is 58.6 Å². The summed E-state index contributed by atoms with van der Waals surface area (Å²) in [7, 11) is 0. The zero-order valence-electron chi connectivity index (χ0n) is 13.9. The van der Waals surface area contributed by atoms with Crippen LogP contribution in [0.5, 0.6) is 0 Å². The molecule has 0 spiro atoms. The molecule has 1 aliphatic heterocycles. The number of rotatable bonds is 5. The van der Waals surface area contributed by atoms with Crippen molar-refractivity contribution in [2.75, 3.05) is 25.0 Å². The first-order valence-electron chi connectivity index (χ1n) is 8.09. The van der Waals surface area contributed by atoms with E-state index in [0.717, 1.165) is 25.5 Å². The Morgan fingerprint density at radius 3 is 2.92 bits per heavy atom. The van der Waals surface area contributed by atoms with Crippen molar-refractivity contribution in [2.24, 2.45) is 5.92 Å². The van der Waals surface area contributed by atoms with Gasteiger partial charge in [0.25, 0.3) is 0 Å². The van der Waals surface area contributed by atoms with Crippen LogP contribution in [0.15, 0.2) is 18.2 Å². The van der Waals surface area contributed by atoms with Crippen LogP contribution in [0.2, 0.25) is 5.02 Å². The third-order valence-corrected chi connectivity index (χ3v) is 4.50. The zero-order valence-corrected chi connectivity index (χ0v) is 14.6. The Hall–Kier alpha value is -1.66. The minimum atomic E-state index is -0.459. The fourth-order valence-electron chi connectivity index (χ4n) is 2.80. The summed E-state index contributed by atoms with van der Waals surface area (Å²) in [5, 5.41) is 2.86. The molecule has 0 unspecified atom stereocenters. The van der Waals surface area contributed by atoms with Crippen LogP contribution in [0.4, 0.5) is 10.1 Å². The number of carbonyl (C=O) groups excluding carboxylic acids is 2. The van der Waals surface area contributed by atoms with Crippen LogP contribution < -0.4 is 5.32 Å². The van der Waals surface area contributed by atoms with Crippen molar-refractivity contribution in [1.82, 2.24) is 4.90 Å². The van der Waals surface area contributed by atoms with E-state index in [4.69, 9.17) is 16.3 Å². The molecule has 1 aromatic rings. The lowest BCUT2D eigenvalue weighted by Gasteiger charge is -2.35. The van der Waals surface area contributed by atoms with Crippen molar-refractivity contribution >= 4 is 29.2 Å². The van der Waals surface area contributed by atoms with Gasteiger partial charge in [-0.15, -0.1) is 0 Å². The maximum Gasteiger partial charge on any atom is 0.310 e. The molecule has 1 fully saturated rings. The minimum Gasteiger partial charge on any atom is -0.466 e. The normalized spacial score (nSPS) is 19.6. The molecule has 7 heteroatoms. The second kappa shape index (κ2) is 8.44. The Balaban J connectivity index is 1.98. The molecule has 24 heavy (non-hydrogen) atoms. The highest BCUT2D eigenvalue weighted by Crippen LogP contribution is 2.24. The van der Waals surface area contributed by atoms with Gasteiger partial charge in [0.05, 0.1) is 29.3 Å². The summed E-state index contributed by atoms with van der Waals surface area (Å²) in [5.41, 5.74) is 0.369. The van der Waals surface area contributed by atoms with E-state index in [-0.39, 0.29) is 22.8 Å². The monoisotopic (exact) mass is 356 g/mol. The number of hydrogen-bond acceptors (Lipinski definition) is 4. The number of ether oxygens (including phenoxy) is 1. The first kappa shape index (κ1) is 18.7. The average molecular weight is 357 g/mol. The van der Waals surface area contributed by atoms with E-state index in [1.165, 1.54) is 12.1 Å². The van der Waals surface area contributed by atoms with Crippen molar-refractivity contribution < 1.29 is 18.7 Å². The highest BCUT2D eigenvalue weighted by Gasteiger charge is 2.31. The first-order chi connectivity index (χ1) is 11.4. The average Bonchev–Trinajstić information content (AvgIpc) is 2.57. The van der Waals surface area contributed by atoms with E-state index in [1.54, 1.807) is 13.8 Å². The standard InChI is InChI=1S/C17H22ClFN2O3/c1-3-24-17(23)12-5-4-8-21(10-12)11(2)16(22)20-15-7-6-13(19)9-14(15)18/h6-7,9,11-12H,3-5,8,10H2,1-2H3,(H,20,22)/t11-,12+/m0/s1. The maximum atomic E-state index is 13.1. The van der Waals surface area contributed by atoms with Gasteiger partial charge < -0.3 is 10.1 Å². The Labute approximate surface area is 146 Å². The molecule has 0 aliphatic carbocycles. The van der Waals surface area contributed by atoms with Crippen LogP contribution in [-0.4, -0.2) is 42.5 Å². The number of esters is 1.